The Labute approximate surface area is 181 Å². The normalized spacial score (nSPS) is 13.9. The lowest BCUT2D eigenvalue weighted by Gasteiger charge is -2.28. The van der Waals surface area contributed by atoms with Crippen molar-refractivity contribution in [1.82, 2.24) is 9.88 Å². The number of amides is 2. The Morgan fingerprint density at radius 2 is 2.00 bits per heavy atom. The predicted molar refractivity (Wildman–Crippen MR) is 114 cm³/mol. The summed E-state index contributed by atoms with van der Waals surface area (Å²) in [7, 11) is 0. The van der Waals surface area contributed by atoms with Crippen molar-refractivity contribution in [3.63, 3.8) is 0 Å². The van der Waals surface area contributed by atoms with Gasteiger partial charge >= 0.3 is 6.03 Å². The van der Waals surface area contributed by atoms with Crippen LogP contribution in [-0.2, 0) is 6.61 Å². The van der Waals surface area contributed by atoms with Crippen molar-refractivity contribution in [2.24, 2.45) is 0 Å². The van der Waals surface area contributed by atoms with Gasteiger partial charge in [-0.3, -0.25) is 0 Å². The standard InChI is InChI=1S/C22H18F2N4O2S/c23-18-8-14(11-25)9-19(24)16(18)7-13-2-5-28(6-3-13)22(30)27-20-1-4-26-21-17(20)10-15(12-29)31-21/h1,4,7-10,29H,2-3,5-6,12H2,(H,26,27,30). The van der Waals surface area contributed by atoms with E-state index >= 15 is 0 Å². The number of urea groups is 1. The van der Waals surface area contributed by atoms with Gasteiger partial charge in [-0.1, -0.05) is 5.57 Å². The summed E-state index contributed by atoms with van der Waals surface area (Å²) < 4.78 is 28.3. The topological polar surface area (TPSA) is 89.3 Å². The summed E-state index contributed by atoms with van der Waals surface area (Å²) in [5, 5.41) is 21.8. The van der Waals surface area contributed by atoms with Crippen LogP contribution in [0.4, 0.5) is 19.3 Å². The highest BCUT2D eigenvalue weighted by atomic mass is 32.1. The molecular formula is C22H18F2N4O2S. The average molecular weight is 440 g/mol. The molecule has 1 aliphatic rings. The van der Waals surface area contributed by atoms with E-state index < -0.39 is 11.6 Å². The van der Waals surface area contributed by atoms with Crippen molar-refractivity contribution in [3.8, 4) is 6.07 Å². The van der Waals surface area contributed by atoms with E-state index in [0.717, 1.165) is 32.8 Å². The van der Waals surface area contributed by atoms with Crippen LogP contribution in [0.15, 0.2) is 36.0 Å². The molecule has 0 spiro atoms. The highest BCUT2D eigenvalue weighted by Crippen LogP contribution is 2.30. The molecule has 2 aromatic heterocycles. The van der Waals surface area contributed by atoms with Gasteiger partial charge in [-0.25, -0.2) is 18.6 Å². The number of rotatable bonds is 3. The molecular weight excluding hydrogens is 422 g/mol. The Kier molecular flexibility index (Phi) is 5.93. The van der Waals surface area contributed by atoms with E-state index in [1.54, 1.807) is 29.3 Å². The van der Waals surface area contributed by atoms with E-state index in [9.17, 15) is 18.7 Å². The smallest absolute Gasteiger partial charge is 0.321 e. The van der Waals surface area contributed by atoms with Gasteiger partial charge in [-0.2, -0.15) is 5.26 Å². The highest BCUT2D eigenvalue weighted by molar-refractivity contribution is 7.18. The number of fused-ring (bicyclic) bond motifs is 1. The summed E-state index contributed by atoms with van der Waals surface area (Å²) >= 11 is 1.37. The zero-order chi connectivity index (χ0) is 22.0. The zero-order valence-corrected chi connectivity index (χ0v) is 17.2. The van der Waals surface area contributed by atoms with Gasteiger partial charge in [-0.05, 0) is 43.2 Å². The fourth-order valence-electron chi connectivity index (χ4n) is 3.50. The Morgan fingerprint density at radius 1 is 1.29 bits per heavy atom. The minimum Gasteiger partial charge on any atom is -0.391 e. The number of piperidine rings is 1. The number of pyridine rings is 1. The van der Waals surface area contributed by atoms with Crippen molar-refractivity contribution in [1.29, 1.82) is 5.26 Å². The molecule has 6 nitrogen and oxygen atoms in total. The second kappa shape index (κ2) is 8.79. The molecule has 1 aromatic carbocycles. The maximum Gasteiger partial charge on any atom is 0.321 e. The van der Waals surface area contributed by atoms with Gasteiger partial charge in [0.25, 0.3) is 0 Å². The van der Waals surface area contributed by atoms with Crippen LogP contribution >= 0.6 is 11.3 Å². The molecule has 31 heavy (non-hydrogen) atoms. The molecule has 0 saturated carbocycles. The fourth-order valence-corrected chi connectivity index (χ4v) is 4.38. The lowest BCUT2D eigenvalue weighted by molar-refractivity contribution is 0.208. The molecule has 1 fully saturated rings. The van der Waals surface area contributed by atoms with Crippen LogP contribution in [0.5, 0.6) is 0 Å². The van der Waals surface area contributed by atoms with Crippen LogP contribution in [0.2, 0.25) is 0 Å². The third kappa shape index (κ3) is 4.40. The van der Waals surface area contributed by atoms with Crippen LogP contribution < -0.4 is 5.32 Å². The number of likely N-dealkylation sites (tertiary alicyclic amines) is 1. The van der Waals surface area contributed by atoms with Crippen molar-refractivity contribution >= 4 is 39.3 Å². The third-order valence-corrected chi connectivity index (χ3v) is 6.16. The number of nitrogens with zero attached hydrogens (tertiary/aromatic N) is 3. The van der Waals surface area contributed by atoms with Gasteiger partial charge in [-0.15, -0.1) is 11.3 Å². The number of halogens is 2. The predicted octanol–water partition coefficient (Wildman–Crippen LogP) is 4.65. The summed E-state index contributed by atoms with van der Waals surface area (Å²) in [4.78, 5) is 20.1. The Bertz CT molecular complexity index is 1200. The molecule has 0 radical (unpaired) electrons. The number of anilines is 1. The van der Waals surface area contributed by atoms with Gasteiger partial charge in [0.1, 0.15) is 16.5 Å². The first-order valence-electron chi connectivity index (χ1n) is 9.61. The van der Waals surface area contributed by atoms with Gasteiger partial charge in [0.15, 0.2) is 0 Å². The second-order valence-electron chi connectivity index (χ2n) is 7.13. The third-order valence-electron chi connectivity index (χ3n) is 5.13. The lowest BCUT2D eigenvalue weighted by atomic mass is 10.00. The first-order chi connectivity index (χ1) is 15.0. The summed E-state index contributed by atoms with van der Waals surface area (Å²) in [5.41, 5.74) is 1.23. The van der Waals surface area contributed by atoms with E-state index in [1.165, 1.54) is 17.4 Å². The summed E-state index contributed by atoms with van der Waals surface area (Å²) in [6.45, 7) is 0.740. The average Bonchev–Trinajstić information content (AvgIpc) is 3.21. The van der Waals surface area contributed by atoms with E-state index in [0.29, 0.717) is 31.6 Å². The second-order valence-corrected chi connectivity index (χ2v) is 8.25. The monoisotopic (exact) mass is 440 g/mol. The molecule has 4 rings (SSSR count). The number of thiophene rings is 1. The summed E-state index contributed by atoms with van der Waals surface area (Å²) in [6.07, 6.45) is 4.05. The zero-order valence-electron chi connectivity index (χ0n) is 16.4. The Hall–Kier alpha value is -3.35. The molecule has 0 aliphatic carbocycles. The van der Waals surface area contributed by atoms with Crippen LogP contribution in [-0.4, -0.2) is 34.1 Å². The van der Waals surface area contributed by atoms with Gasteiger partial charge in [0.2, 0.25) is 0 Å². The number of aromatic nitrogens is 1. The van der Waals surface area contributed by atoms with E-state index in [-0.39, 0.29) is 23.8 Å². The number of nitrogens with one attached hydrogen (secondary N) is 1. The minimum absolute atomic E-state index is 0.0643. The molecule has 0 unspecified atom stereocenters. The van der Waals surface area contributed by atoms with E-state index in [2.05, 4.69) is 10.3 Å². The number of benzene rings is 1. The maximum atomic E-state index is 14.1. The number of aliphatic hydroxyl groups is 1. The maximum absolute atomic E-state index is 14.1. The Morgan fingerprint density at radius 3 is 2.65 bits per heavy atom. The first kappa shape index (κ1) is 20.9. The van der Waals surface area contributed by atoms with Gasteiger partial charge in [0.05, 0.1) is 23.9 Å². The largest absolute Gasteiger partial charge is 0.391 e. The van der Waals surface area contributed by atoms with Crippen LogP contribution in [0.25, 0.3) is 16.3 Å². The highest BCUT2D eigenvalue weighted by Gasteiger charge is 2.21. The number of nitriles is 1. The van der Waals surface area contributed by atoms with Crippen LogP contribution in [0, 0.1) is 23.0 Å². The van der Waals surface area contributed by atoms with E-state index in [4.69, 9.17) is 5.26 Å². The molecule has 0 atom stereocenters. The van der Waals surface area contributed by atoms with E-state index in [1.807, 2.05) is 0 Å². The minimum atomic E-state index is -0.774. The van der Waals surface area contributed by atoms with Crippen LogP contribution in [0.1, 0.15) is 28.8 Å². The van der Waals surface area contributed by atoms with Crippen molar-refractivity contribution in [2.75, 3.05) is 18.4 Å². The summed E-state index contributed by atoms with van der Waals surface area (Å²) in [6, 6.07) is 7.00. The lowest BCUT2D eigenvalue weighted by Crippen LogP contribution is -2.39. The summed E-state index contributed by atoms with van der Waals surface area (Å²) in [5.74, 6) is -1.55. The molecule has 1 aliphatic heterocycles. The molecule has 3 aromatic rings. The molecule has 2 amide bonds. The molecule has 9 heteroatoms. The molecule has 158 valence electrons. The van der Waals surface area contributed by atoms with Gasteiger partial charge < -0.3 is 15.3 Å². The molecule has 3 heterocycles. The molecule has 1 saturated heterocycles. The number of hydrogen-bond acceptors (Lipinski definition) is 5. The molecule has 2 N–H and O–H groups in total. The fraction of sp³-hybridized carbons (Fsp3) is 0.227. The first-order valence-corrected chi connectivity index (χ1v) is 10.4. The van der Waals surface area contributed by atoms with Crippen molar-refractivity contribution in [2.45, 2.75) is 19.4 Å². The van der Waals surface area contributed by atoms with Crippen LogP contribution in [0.3, 0.4) is 0 Å². The number of carbonyl (C=O) groups excluding carboxylic acids is 1. The quantitative estimate of drug-likeness (QED) is 0.621. The number of aliphatic hydroxyl groups excluding tert-OH is 1. The Balaban J connectivity index is 1.44. The number of carbonyl (C=O) groups is 1. The molecule has 0 bridgehead atoms. The van der Waals surface area contributed by atoms with Crippen molar-refractivity contribution in [3.05, 3.63) is 63.7 Å². The van der Waals surface area contributed by atoms with Gasteiger partial charge in [0, 0.05) is 35.1 Å². The number of hydrogen-bond donors (Lipinski definition) is 2. The van der Waals surface area contributed by atoms with Crippen molar-refractivity contribution < 1.29 is 18.7 Å². The SMILES string of the molecule is N#Cc1cc(F)c(C=C2CCN(C(=O)Nc3ccnc4sc(CO)cc34)CC2)c(F)c1.